The standard InChI is InChI=1S/C24H22N4O2S/c1-17-10-12-21(13-11-17)31(29,30)28-20-8-5-7-19(16-20)24-25-15-14-23(27-24)26-22-9-4-3-6-18(22)2/h3-16,28H,1-2H3,(H,25,26,27). The van der Waals surface area contributed by atoms with E-state index in [-0.39, 0.29) is 4.90 Å². The summed E-state index contributed by atoms with van der Waals surface area (Å²) in [6.07, 6.45) is 1.67. The number of para-hydroxylation sites is 1. The smallest absolute Gasteiger partial charge is 0.261 e. The van der Waals surface area contributed by atoms with Gasteiger partial charge < -0.3 is 5.32 Å². The van der Waals surface area contributed by atoms with Crippen LogP contribution in [0, 0.1) is 13.8 Å². The summed E-state index contributed by atoms with van der Waals surface area (Å²) in [7, 11) is -3.69. The van der Waals surface area contributed by atoms with Crippen molar-refractivity contribution >= 4 is 27.2 Å². The maximum atomic E-state index is 12.7. The Kier molecular flexibility index (Phi) is 5.68. The Morgan fingerprint density at radius 1 is 0.839 bits per heavy atom. The summed E-state index contributed by atoms with van der Waals surface area (Å²) >= 11 is 0. The number of aryl methyl sites for hydroxylation is 2. The van der Waals surface area contributed by atoms with E-state index in [9.17, 15) is 8.42 Å². The highest BCUT2D eigenvalue weighted by Gasteiger charge is 2.14. The third-order valence-electron chi connectivity index (χ3n) is 4.77. The summed E-state index contributed by atoms with van der Waals surface area (Å²) in [5.41, 5.74) is 4.22. The van der Waals surface area contributed by atoms with Crippen molar-refractivity contribution in [3.05, 3.63) is 96.2 Å². The van der Waals surface area contributed by atoms with Crippen LogP contribution in [0.3, 0.4) is 0 Å². The van der Waals surface area contributed by atoms with Gasteiger partial charge >= 0.3 is 0 Å². The van der Waals surface area contributed by atoms with Crippen LogP contribution >= 0.6 is 0 Å². The van der Waals surface area contributed by atoms with E-state index in [2.05, 4.69) is 20.0 Å². The van der Waals surface area contributed by atoms with Crippen molar-refractivity contribution < 1.29 is 8.42 Å². The quantitative estimate of drug-likeness (QED) is 0.433. The Morgan fingerprint density at radius 2 is 1.61 bits per heavy atom. The van der Waals surface area contributed by atoms with E-state index in [1.165, 1.54) is 0 Å². The Labute approximate surface area is 182 Å². The molecule has 0 fully saturated rings. The van der Waals surface area contributed by atoms with Crippen LogP contribution in [0.4, 0.5) is 17.2 Å². The van der Waals surface area contributed by atoms with Crippen LogP contribution in [-0.2, 0) is 10.0 Å². The van der Waals surface area contributed by atoms with Gasteiger partial charge in [-0.15, -0.1) is 0 Å². The molecule has 0 aliphatic heterocycles. The molecule has 156 valence electrons. The number of anilines is 3. The maximum absolute atomic E-state index is 12.7. The van der Waals surface area contributed by atoms with Gasteiger partial charge in [0.1, 0.15) is 5.82 Å². The number of rotatable bonds is 6. The third-order valence-corrected chi connectivity index (χ3v) is 6.16. The zero-order chi connectivity index (χ0) is 21.8. The predicted octanol–water partition coefficient (Wildman–Crippen LogP) is 5.30. The average molecular weight is 431 g/mol. The molecule has 0 atom stereocenters. The minimum atomic E-state index is -3.69. The Balaban J connectivity index is 1.58. The largest absolute Gasteiger partial charge is 0.340 e. The normalized spacial score (nSPS) is 11.2. The number of hydrogen-bond donors (Lipinski definition) is 2. The second-order valence-electron chi connectivity index (χ2n) is 7.20. The fourth-order valence-electron chi connectivity index (χ4n) is 3.07. The van der Waals surface area contributed by atoms with Gasteiger partial charge in [-0.1, -0.05) is 48.0 Å². The summed E-state index contributed by atoms with van der Waals surface area (Å²) < 4.78 is 28.0. The predicted molar refractivity (Wildman–Crippen MR) is 124 cm³/mol. The molecule has 7 heteroatoms. The van der Waals surface area contributed by atoms with Crippen molar-refractivity contribution in [3.8, 4) is 11.4 Å². The minimum Gasteiger partial charge on any atom is -0.340 e. The molecule has 0 saturated carbocycles. The lowest BCUT2D eigenvalue weighted by Crippen LogP contribution is -2.12. The Bertz CT molecular complexity index is 1320. The summed E-state index contributed by atoms with van der Waals surface area (Å²) in [6.45, 7) is 3.93. The number of aromatic nitrogens is 2. The average Bonchev–Trinajstić information content (AvgIpc) is 2.76. The van der Waals surface area contributed by atoms with Crippen LogP contribution < -0.4 is 10.0 Å². The molecule has 0 aliphatic rings. The first-order valence-corrected chi connectivity index (χ1v) is 11.2. The SMILES string of the molecule is Cc1ccc(S(=O)(=O)Nc2cccc(-c3nccc(Nc4ccccc4C)n3)c2)cc1. The van der Waals surface area contributed by atoms with E-state index in [1.807, 2.05) is 44.2 Å². The van der Waals surface area contributed by atoms with Crippen molar-refractivity contribution in [2.45, 2.75) is 18.7 Å². The van der Waals surface area contributed by atoms with Gasteiger partial charge in [-0.25, -0.2) is 18.4 Å². The number of hydrogen-bond acceptors (Lipinski definition) is 5. The molecular weight excluding hydrogens is 408 g/mol. The van der Waals surface area contributed by atoms with Crippen LogP contribution in [0.25, 0.3) is 11.4 Å². The molecule has 2 N–H and O–H groups in total. The van der Waals surface area contributed by atoms with E-state index in [0.717, 1.165) is 16.8 Å². The molecule has 3 aromatic carbocycles. The molecule has 1 aromatic heterocycles. The molecule has 0 bridgehead atoms. The van der Waals surface area contributed by atoms with Crippen LogP contribution in [0.5, 0.6) is 0 Å². The summed E-state index contributed by atoms with van der Waals surface area (Å²) in [6, 6.07) is 23.5. The Morgan fingerprint density at radius 3 is 2.39 bits per heavy atom. The van der Waals surface area contributed by atoms with Crippen molar-refractivity contribution in [1.29, 1.82) is 0 Å². The van der Waals surface area contributed by atoms with Gasteiger partial charge in [-0.2, -0.15) is 0 Å². The number of sulfonamides is 1. The highest BCUT2D eigenvalue weighted by atomic mass is 32.2. The molecule has 1 heterocycles. The lowest BCUT2D eigenvalue weighted by atomic mass is 10.2. The number of nitrogens with one attached hydrogen (secondary N) is 2. The summed E-state index contributed by atoms with van der Waals surface area (Å²) in [5, 5.41) is 3.30. The highest BCUT2D eigenvalue weighted by Crippen LogP contribution is 2.24. The first-order chi connectivity index (χ1) is 14.9. The van der Waals surface area contributed by atoms with Gasteiger partial charge in [0, 0.05) is 23.1 Å². The van der Waals surface area contributed by atoms with Crippen molar-refractivity contribution in [1.82, 2.24) is 9.97 Å². The molecule has 4 rings (SSSR count). The van der Waals surface area contributed by atoms with Crippen LogP contribution in [0.1, 0.15) is 11.1 Å². The first-order valence-electron chi connectivity index (χ1n) is 9.76. The van der Waals surface area contributed by atoms with E-state index < -0.39 is 10.0 Å². The summed E-state index contributed by atoms with van der Waals surface area (Å²) in [5.74, 6) is 1.15. The number of benzene rings is 3. The molecule has 0 aliphatic carbocycles. The topological polar surface area (TPSA) is 84.0 Å². The van der Waals surface area contributed by atoms with Crippen molar-refractivity contribution in [2.24, 2.45) is 0 Å². The fraction of sp³-hybridized carbons (Fsp3) is 0.0833. The maximum Gasteiger partial charge on any atom is 0.261 e. The first kappa shape index (κ1) is 20.6. The molecule has 4 aromatic rings. The zero-order valence-electron chi connectivity index (χ0n) is 17.2. The van der Waals surface area contributed by atoms with E-state index >= 15 is 0 Å². The lowest BCUT2D eigenvalue weighted by Gasteiger charge is -2.11. The van der Waals surface area contributed by atoms with Gasteiger partial charge in [0.2, 0.25) is 0 Å². The van der Waals surface area contributed by atoms with Crippen LogP contribution in [0.15, 0.2) is 90.0 Å². The third kappa shape index (κ3) is 4.90. The fourth-order valence-corrected chi connectivity index (χ4v) is 4.12. The van der Waals surface area contributed by atoms with Gasteiger partial charge in [-0.3, -0.25) is 4.72 Å². The van der Waals surface area contributed by atoms with E-state index in [1.54, 1.807) is 54.7 Å². The summed E-state index contributed by atoms with van der Waals surface area (Å²) in [4.78, 5) is 9.15. The second kappa shape index (κ2) is 8.57. The van der Waals surface area contributed by atoms with Crippen LogP contribution in [-0.4, -0.2) is 18.4 Å². The van der Waals surface area contributed by atoms with E-state index in [0.29, 0.717) is 22.9 Å². The second-order valence-corrected chi connectivity index (χ2v) is 8.89. The monoisotopic (exact) mass is 430 g/mol. The van der Waals surface area contributed by atoms with Gasteiger partial charge in [-0.05, 0) is 55.8 Å². The molecule has 0 spiro atoms. The minimum absolute atomic E-state index is 0.212. The molecule has 0 amide bonds. The molecule has 0 saturated heterocycles. The van der Waals surface area contributed by atoms with Gasteiger partial charge in [0.05, 0.1) is 4.90 Å². The highest BCUT2D eigenvalue weighted by molar-refractivity contribution is 7.92. The van der Waals surface area contributed by atoms with Gasteiger partial charge in [0.15, 0.2) is 5.82 Å². The van der Waals surface area contributed by atoms with Crippen molar-refractivity contribution in [3.63, 3.8) is 0 Å². The zero-order valence-corrected chi connectivity index (χ0v) is 18.0. The molecule has 31 heavy (non-hydrogen) atoms. The molecule has 0 unspecified atom stereocenters. The Hall–Kier alpha value is -3.71. The van der Waals surface area contributed by atoms with Gasteiger partial charge in [0.25, 0.3) is 10.0 Å². The van der Waals surface area contributed by atoms with Crippen molar-refractivity contribution in [2.75, 3.05) is 10.0 Å². The molecular formula is C24H22N4O2S. The number of nitrogens with zero attached hydrogens (tertiary/aromatic N) is 2. The molecule has 6 nitrogen and oxygen atoms in total. The molecule has 0 radical (unpaired) electrons. The van der Waals surface area contributed by atoms with E-state index in [4.69, 9.17) is 0 Å². The lowest BCUT2D eigenvalue weighted by molar-refractivity contribution is 0.601. The van der Waals surface area contributed by atoms with Crippen LogP contribution in [0.2, 0.25) is 0 Å².